The number of hydrogen-bond donors (Lipinski definition) is 1. The van der Waals surface area contributed by atoms with Crippen LogP contribution in [0.15, 0.2) is 18.2 Å². The summed E-state index contributed by atoms with van der Waals surface area (Å²) in [6.45, 7) is 0. The van der Waals surface area contributed by atoms with Crippen LogP contribution in [0, 0.1) is 0 Å². The van der Waals surface area contributed by atoms with E-state index < -0.39 is 11.9 Å². The third kappa shape index (κ3) is 1.55. The second-order valence-electron chi connectivity index (χ2n) is 3.30. The summed E-state index contributed by atoms with van der Waals surface area (Å²) in [5.74, 6) is -1.57. The summed E-state index contributed by atoms with van der Waals surface area (Å²) in [5.41, 5.74) is 1.76. The fourth-order valence-corrected chi connectivity index (χ4v) is 1.86. The summed E-state index contributed by atoms with van der Waals surface area (Å²) in [6, 6.07) is 3.14. The van der Waals surface area contributed by atoms with E-state index in [9.17, 15) is 9.59 Å². The summed E-state index contributed by atoms with van der Waals surface area (Å²) in [7, 11) is 0. The fourth-order valence-electron chi connectivity index (χ4n) is 1.65. The summed E-state index contributed by atoms with van der Waals surface area (Å²) < 4.78 is 0. The zero-order valence-corrected chi connectivity index (χ0v) is 8.36. The highest BCUT2D eigenvalue weighted by Gasteiger charge is 2.24. The number of hydrogen-bond acceptors (Lipinski definition) is 2. The van der Waals surface area contributed by atoms with Crippen molar-refractivity contribution in [1.29, 1.82) is 0 Å². The standard InChI is InChI=1S/C11H7ClO3/c12-10-4-9-6(3-7(10)5-13)1-2-8(9)11(14)15/h1-5,8H,(H,14,15). The number of carboxylic acid groups (broad SMARTS) is 1. The molecule has 0 radical (unpaired) electrons. The second kappa shape index (κ2) is 3.51. The molecule has 0 spiro atoms. The lowest BCUT2D eigenvalue weighted by Gasteiger charge is -2.07. The Kier molecular flexibility index (Phi) is 2.32. The molecular formula is C11H7ClO3. The Bertz CT molecular complexity index is 477. The zero-order chi connectivity index (χ0) is 11.0. The third-order valence-corrected chi connectivity index (χ3v) is 2.73. The van der Waals surface area contributed by atoms with Gasteiger partial charge in [0.05, 0.1) is 5.02 Å². The van der Waals surface area contributed by atoms with Crippen molar-refractivity contribution in [3.8, 4) is 0 Å². The van der Waals surface area contributed by atoms with E-state index in [0.29, 0.717) is 22.4 Å². The van der Waals surface area contributed by atoms with Crippen LogP contribution < -0.4 is 0 Å². The van der Waals surface area contributed by atoms with Gasteiger partial charge in [0.25, 0.3) is 0 Å². The Hall–Kier alpha value is -1.61. The van der Waals surface area contributed by atoms with Crippen molar-refractivity contribution in [3.05, 3.63) is 39.9 Å². The van der Waals surface area contributed by atoms with Crippen LogP contribution >= 0.6 is 11.6 Å². The molecule has 1 unspecified atom stereocenters. The molecule has 4 heteroatoms. The molecule has 0 heterocycles. The second-order valence-corrected chi connectivity index (χ2v) is 3.70. The molecular weight excluding hydrogens is 216 g/mol. The first-order valence-electron chi connectivity index (χ1n) is 4.33. The summed E-state index contributed by atoms with van der Waals surface area (Å²) in [6.07, 6.45) is 3.93. The van der Waals surface area contributed by atoms with Crippen LogP contribution in [-0.4, -0.2) is 17.4 Å². The first kappa shape index (κ1) is 9.93. The molecule has 0 fully saturated rings. The molecule has 0 aliphatic heterocycles. The van der Waals surface area contributed by atoms with Crippen molar-refractivity contribution >= 4 is 29.9 Å². The van der Waals surface area contributed by atoms with E-state index in [2.05, 4.69) is 0 Å². The Labute approximate surface area is 91.0 Å². The van der Waals surface area contributed by atoms with Crippen LogP contribution in [0.3, 0.4) is 0 Å². The smallest absolute Gasteiger partial charge is 0.314 e. The maximum atomic E-state index is 10.9. The minimum Gasteiger partial charge on any atom is -0.481 e. The van der Waals surface area contributed by atoms with E-state index in [1.165, 1.54) is 0 Å². The summed E-state index contributed by atoms with van der Waals surface area (Å²) in [4.78, 5) is 21.5. The number of aldehydes is 1. The van der Waals surface area contributed by atoms with Gasteiger partial charge in [-0.3, -0.25) is 9.59 Å². The summed E-state index contributed by atoms with van der Waals surface area (Å²) >= 11 is 5.83. The normalized spacial score (nSPS) is 17.5. The van der Waals surface area contributed by atoms with E-state index in [1.54, 1.807) is 24.3 Å². The van der Waals surface area contributed by atoms with Crippen molar-refractivity contribution in [2.75, 3.05) is 0 Å². The van der Waals surface area contributed by atoms with Gasteiger partial charge in [-0.15, -0.1) is 0 Å². The van der Waals surface area contributed by atoms with Crippen molar-refractivity contribution in [1.82, 2.24) is 0 Å². The molecule has 1 aliphatic rings. The molecule has 0 saturated heterocycles. The lowest BCUT2D eigenvalue weighted by molar-refractivity contribution is -0.137. The SMILES string of the molecule is O=Cc1cc2c(cc1Cl)C(C(=O)O)C=C2. The molecule has 76 valence electrons. The Morgan fingerprint density at radius 2 is 2.20 bits per heavy atom. The van der Waals surface area contributed by atoms with Gasteiger partial charge in [0.2, 0.25) is 0 Å². The van der Waals surface area contributed by atoms with Gasteiger partial charge in [0, 0.05) is 5.56 Å². The van der Waals surface area contributed by atoms with Crippen molar-refractivity contribution in [2.24, 2.45) is 0 Å². The van der Waals surface area contributed by atoms with Gasteiger partial charge in [0.1, 0.15) is 5.92 Å². The number of fused-ring (bicyclic) bond motifs is 1. The molecule has 1 aromatic rings. The van der Waals surface area contributed by atoms with Crippen LogP contribution in [0.1, 0.15) is 27.4 Å². The number of aliphatic carboxylic acids is 1. The molecule has 2 rings (SSSR count). The van der Waals surface area contributed by atoms with Crippen LogP contribution in [0.2, 0.25) is 5.02 Å². The number of benzene rings is 1. The number of carbonyl (C=O) groups is 2. The van der Waals surface area contributed by atoms with Gasteiger partial charge in [-0.1, -0.05) is 23.8 Å². The van der Waals surface area contributed by atoms with Crippen LogP contribution in [0.5, 0.6) is 0 Å². The highest BCUT2D eigenvalue weighted by molar-refractivity contribution is 6.33. The van der Waals surface area contributed by atoms with Gasteiger partial charge < -0.3 is 5.11 Å². The van der Waals surface area contributed by atoms with E-state index in [1.807, 2.05) is 0 Å². The number of rotatable bonds is 2. The molecule has 1 N–H and O–H groups in total. The molecule has 1 aromatic carbocycles. The molecule has 0 bridgehead atoms. The third-order valence-electron chi connectivity index (χ3n) is 2.40. The van der Waals surface area contributed by atoms with Crippen molar-refractivity contribution < 1.29 is 14.7 Å². The predicted octanol–water partition coefficient (Wildman–Crippen LogP) is 2.35. The van der Waals surface area contributed by atoms with Gasteiger partial charge in [-0.25, -0.2) is 0 Å². The highest BCUT2D eigenvalue weighted by Crippen LogP contribution is 2.33. The van der Waals surface area contributed by atoms with Gasteiger partial charge in [-0.05, 0) is 23.3 Å². The fraction of sp³-hybridized carbons (Fsp3) is 0.0909. The molecule has 0 saturated carbocycles. The quantitative estimate of drug-likeness (QED) is 0.782. The minimum absolute atomic E-state index is 0.290. The minimum atomic E-state index is -0.917. The topological polar surface area (TPSA) is 54.4 Å². The van der Waals surface area contributed by atoms with Gasteiger partial charge >= 0.3 is 5.97 Å². The van der Waals surface area contributed by atoms with E-state index in [4.69, 9.17) is 16.7 Å². The molecule has 1 atom stereocenters. The number of halogens is 1. The summed E-state index contributed by atoms with van der Waals surface area (Å²) in [5, 5.41) is 9.20. The first-order chi connectivity index (χ1) is 7.13. The Morgan fingerprint density at radius 3 is 2.80 bits per heavy atom. The first-order valence-corrected chi connectivity index (χ1v) is 4.71. The number of carboxylic acids is 1. The molecule has 0 amide bonds. The highest BCUT2D eigenvalue weighted by atomic mass is 35.5. The monoisotopic (exact) mass is 222 g/mol. The Morgan fingerprint density at radius 1 is 1.47 bits per heavy atom. The predicted molar refractivity (Wildman–Crippen MR) is 56.3 cm³/mol. The van der Waals surface area contributed by atoms with Crippen molar-refractivity contribution in [2.45, 2.75) is 5.92 Å². The van der Waals surface area contributed by atoms with E-state index >= 15 is 0 Å². The van der Waals surface area contributed by atoms with Crippen LogP contribution in [0.4, 0.5) is 0 Å². The average Bonchev–Trinajstić information content (AvgIpc) is 2.59. The molecule has 3 nitrogen and oxygen atoms in total. The lowest BCUT2D eigenvalue weighted by atomic mass is 9.99. The largest absolute Gasteiger partial charge is 0.481 e. The van der Waals surface area contributed by atoms with E-state index in [0.717, 1.165) is 5.56 Å². The molecule has 15 heavy (non-hydrogen) atoms. The Balaban J connectivity index is 2.56. The van der Waals surface area contributed by atoms with Gasteiger partial charge in [-0.2, -0.15) is 0 Å². The molecule has 1 aliphatic carbocycles. The van der Waals surface area contributed by atoms with Crippen LogP contribution in [-0.2, 0) is 4.79 Å². The van der Waals surface area contributed by atoms with Crippen molar-refractivity contribution in [3.63, 3.8) is 0 Å². The zero-order valence-electron chi connectivity index (χ0n) is 7.61. The average molecular weight is 223 g/mol. The maximum Gasteiger partial charge on any atom is 0.314 e. The number of carbonyl (C=O) groups excluding carboxylic acids is 1. The van der Waals surface area contributed by atoms with Gasteiger partial charge in [0.15, 0.2) is 6.29 Å². The van der Waals surface area contributed by atoms with E-state index in [-0.39, 0.29) is 0 Å². The maximum absolute atomic E-state index is 10.9. The lowest BCUT2D eigenvalue weighted by Crippen LogP contribution is -2.07. The molecule has 0 aromatic heterocycles. The van der Waals surface area contributed by atoms with Crippen LogP contribution in [0.25, 0.3) is 6.08 Å².